The number of benzene rings is 2. The Bertz CT molecular complexity index is 1030. The molecule has 0 aliphatic carbocycles. The molecule has 4 N–H and O–H groups in total. The molecule has 146 valence electrons. The molecule has 1 aromatic heterocycles. The number of hydrogen-bond acceptors (Lipinski definition) is 2. The minimum absolute atomic E-state index is 0.0674. The Morgan fingerprint density at radius 1 is 1.11 bits per heavy atom. The molecule has 3 rings (SSSR count). The molecule has 3 aromatic rings. The number of carbonyl (C=O) groups excluding carboxylic acids is 2. The van der Waals surface area contributed by atoms with Crippen molar-refractivity contribution in [2.45, 2.75) is 18.6 Å². The van der Waals surface area contributed by atoms with Gasteiger partial charge in [-0.2, -0.15) is 13.2 Å². The summed E-state index contributed by atoms with van der Waals surface area (Å²) in [5, 5.41) is 3.61. The van der Waals surface area contributed by atoms with Crippen molar-refractivity contribution in [1.82, 2.24) is 10.3 Å². The molecule has 0 bridgehead atoms. The summed E-state index contributed by atoms with van der Waals surface area (Å²) in [4.78, 5) is 26.6. The molecule has 0 unspecified atom stereocenters. The zero-order valence-electron chi connectivity index (χ0n) is 14.3. The number of nitrogens with one attached hydrogen (secondary N) is 2. The van der Waals surface area contributed by atoms with Crippen LogP contribution in [0, 0.1) is 0 Å². The second-order valence-corrected chi connectivity index (χ2v) is 6.67. The number of fused-ring (bicyclic) bond motifs is 1. The third-order valence-electron chi connectivity index (χ3n) is 4.18. The topological polar surface area (TPSA) is 88.0 Å². The number of aromatic nitrogens is 1. The van der Waals surface area contributed by atoms with Crippen LogP contribution in [0.1, 0.15) is 34.1 Å². The smallest absolute Gasteiger partial charge is 0.370 e. The minimum Gasteiger partial charge on any atom is -0.370 e. The fourth-order valence-corrected chi connectivity index (χ4v) is 2.94. The molecule has 0 spiro atoms. The first kappa shape index (κ1) is 19.8. The van der Waals surface area contributed by atoms with E-state index in [0.717, 1.165) is 12.1 Å². The van der Waals surface area contributed by atoms with Crippen molar-refractivity contribution in [2.75, 3.05) is 0 Å². The van der Waals surface area contributed by atoms with E-state index in [9.17, 15) is 22.8 Å². The van der Waals surface area contributed by atoms with Gasteiger partial charge in [0.05, 0.1) is 18.0 Å². The number of rotatable bonds is 5. The summed E-state index contributed by atoms with van der Waals surface area (Å²) in [6.45, 7) is 0. The maximum atomic E-state index is 12.8. The molecule has 0 radical (unpaired) electrons. The lowest BCUT2D eigenvalue weighted by Gasteiger charge is -2.17. The Balaban J connectivity index is 1.86. The van der Waals surface area contributed by atoms with Crippen molar-refractivity contribution >= 4 is 34.3 Å². The van der Waals surface area contributed by atoms with Gasteiger partial charge in [-0.1, -0.05) is 29.8 Å². The Morgan fingerprint density at radius 3 is 2.39 bits per heavy atom. The quantitative estimate of drug-likeness (QED) is 0.590. The average molecular weight is 410 g/mol. The van der Waals surface area contributed by atoms with Crippen LogP contribution in [0.3, 0.4) is 0 Å². The number of carbonyl (C=O) groups is 2. The Hall–Kier alpha value is -3.00. The van der Waals surface area contributed by atoms with E-state index in [2.05, 4.69) is 10.3 Å². The average Bonchev–Trinajstić information content (AvgIpc) is 3.04. The number of alkyl halides is 3. The highest BCUT2D eigenvalue weighted by molar-refractivity contribution is 6.30. The summed E-state index contributed by atoms with van der Waals surface area (Å²) in [6.07, 6.45) is -4.63. The van der Waals surface area contributed by atoms with E-state index in [1.807, 2.05) is 0 Å². The molecular formula is C19H15ClF3N3O2. The van der Waals surface area contributed by atoms with Crippen LogP contribution >= 0.6 is 11.6 Å². The predicted octanol–water partition coefficient (Wildman–Crippen LogP) is 4.19. The highest BCUT2D eigenvalue weighted by atomic mass is 35.5. The Morgan fingerprint density at radius 2 is 1.79 bits per heavy atom. The van der Waals surface area contributed by atoms with Gasteiger partial charge in [0.2, 0.25) is 5.91 Å². The minimum atomic E-state index is -4.48. The van der Waals surface area contributed by atoms with Gasteiger partial charge in [0, 0.05) is 15.9 Å². The Labute approximate surface area is 162 Å². The molecule has 0 aliphatic heterocycles. The largest absolute Gasteiger partial charge is 0.416 e. The number of hydrogen-bond donors (Lipinski definition) is 3. The molecule has 1 heterocycles. The van der Waals surface area contributed by atoms with Crippen molar-refractivity contribution in [1.29, 1.82) is 0 Å². The lowest BCUT2D eigenvalue weighted by Crippen LogP contribution is -2.32. The molecule has 9 heteroatoms. The summed E-state index contributed by atoms with van der Waals surface area (Å²) in [5.41, 5.74) is 5.31. The van der Waals surface area contributed by atoms with Gasteiger partial charge in [-0.25, -0.2) is 0 Å². The molecule has 1 atom stereocenters. The van der Waals surface area contributed by atoms with Gasteiger partial charge in [0.1, 0.15) is 5.69 Å². The van der Waals surface area contributed by atoms with Crippen molar-refractivity contribution in [2.24, 2.45) is 5.73 Å². The lowest BCUT2D eigenvalue weighted by molar-refractivity contribution is -0.137. The van der Waals surface area contributed by atoms with E-state index in [1.165, 1.54) is 12.1 Å². The zero-order chi connectivity index (χ0) is 20.5. The third kappa shape index (κ3) is 4.45. The SMILES string of the molecule is NC(=O)C[C@@H](NC(=O)c1cc2ccc(C(F)(F)F)cc2[nH]1)c1ccc(Cl)cc1. The maximum absolute atomic E-state index is 12.8. The van der Waals surface area contributed by atoms with Crippen LogP contribution in [-0.2, 0) is 11.0 Å². The van der Waals surface area contributed by atoms with Crippen molar-refractivity contribution in [3.63, 3.8) is 0 Å². The van der Waals surface area contributed by atoms with E-state index in [0.29, 0.717) is 16.0 Å². The van der Waals surface area contributed by atoms with Crippen LogP contribution < -0.4 is 11.1 Å². The van der Waals surface area contributed by atoms with Gasteiger partial charge in [-0.05, 0) is 35.9 Å². The lowest BCUT2D eigenvalue weighted by atomic mass is 10.0. The first-order chi connectivity index (χ1) is 13.1. The van der Waals surface area contributed by atoms with Gasteiger partial charge in [0.15, 0.2) is 0 Å². The number of H-pyrrole nitrogens is 1. The molecule has 28 heavy (non-hydrogen) atoms. The summed E-state index contributed by atoms with van der Waals surface area (Å²) in [7, 11) is 0. The zero-order valence-corrected chi connectivity index (χ0v) is 15.1. The summed E-state index contributed by atoms with van der Waals surface area (Å²) in [5.74, 6) is -1.20. The second-order valence-electron chi connectivity index (χ2n) is 6.23. The highest BCUT2D eigenvalue weighted by Crippen LogP contribution is 2.31. The molecular weight excluding hydrogens is 395 g/mol. The third-order valence-corrected chi connectivity index (χ3v) is 4.43. The van der Waals surface area contributed by atoms with E-state index in [-0.39, 0.29) is 17.6 Å². The molecule has 2 aromatic carbocycles. The van der Waals surface area contributed by atoms with Crippen molar-refractivity contribution in [3.05, 3.63) is 70.4 Å². The van der Waals surface area contributed by atoms with E-state index >= 15 is 0 Å². The van der Waals surface area contributed by atoms with Gasteiger partial charge < -0.3 is 16.0 Å². The van der Waals surface area contributed by atoms with Crippen molar-refractivity contribution < 1.29 is 22.8 Å². The van der Waals surface area contributed by atoms with Crippen LogP contribution in [0.25, 0.3) is 10.9 Å². The number of nitrogens with two attached hydrogens (primary N) is 1. The fraction of sp³-hybridized carbons (Fsp3) is 0.158. The van der Waals surface area contributed by atoms with Gasteiger partial charge >= 0.3 is 6.18 Å². The number of aromatic amines is 1. The predicted molar refractivity (Wildman–Crippen MR) is 98.8 cm³/mol. The van der Waals surface area contributed by atoms with Crippen LogP contribution in [-0.4, -0.2) is 16.8 Å². The van der Waals surface area contributed by atoms with Gasteiger partial charge in [-0.3, -0.25) is 9.59 Å². The first-order valence-corrected chi connectivity index (χ1v) is 8.56. The standard InChI is InChI=1S/C19H15ClF3N3O2/c20-13-5-2-10(3-6-13)15(9-17(24)27)26-18(28)16-7-11-1-4-12(19(21,22)23)8-14(11)25-16/h1-8,15,25H,9H2,(H2,24,27)(H,26,28)/t15-/m1/s1. The molecule has 0 saturated carbocycles. The molecule has 0 aliphatic rings. The summed E-state index contributed by atoms with van der Waals surface area (Å²) >= 11 is 5.85. The second kappa shape index (κ2) is 7.55. The van der Waals surface area contributed by atoms with Crippen molar-refractivity contribution in [3.8, 4) is 0 Å². The molecule has 0 saturated heterocycles. The molecule has 5 nitrogen and oxygen atoms in total. The van der Waals surface area contributed by atoms with Crippen LogP contribution in [0.4, 0.5) is 13.2 Å². The van der Waals surface area contributed by atoms with Crippen LogP contribution in [0.2, 0.25) is 5.02 Å². The van der Waals surface area contributed by atoms with Gasteiger partial charge in [-0.15, -0.1) is 0 Å². The van der Waals surface area contributed by atoms with E-state index < -0.39 is 29.6 Å². The molecule has 0 fully saturated rings. The molecule has 2 amide bonds. The maximum Gasteiger partial charge on any atom is 0.416 e. The van der Waals surface area contributed by atoms with E-state index in [1.54, 1.807) is 24.3 Å². The summed E-state index contributed by atoms with van der Waals surface area (Å²) in [6, 6.07) is 10.4. The number of halogens is 4. The highest BCUT2D eigenvalue weighted by Gasteiger charge is 2.30. The fourth-order valence-electron chi connectivity index (χ4n) is 2.81. The van der Waals surface area contributed by atoms with Crippen LogP contribution in [0.5, 0.6) is 0 Å². The van der Waals surface area contributed by atoms with Gasteiger partial charge in [0.25, 0.3) is 5.91 Å². The van der Waals surface area contributed by atoms with Crippen LogP contribution in [0.15, 0.2) is 48.5 Å². The van der Waals surface area contributed by atoms with E-state index in [4.69, 9.17) is 17.3 Å². The first-order valence-electron chi connectivity index (χ1n) is 8.18. The monoisotopic (exact) mass is 409 g/mol. The summed E-state index contributed by atoms with van der Waals surface area (Å²) < 4.78 is 38.5. The Kier molecular flexibility index (Phi) is 5.33. The normalized spacial score (nSPS) is 12.7. The number of amides is 2. The number of primary amides is 1.